The summed E-state index contributed by atoms with van der Waals surface area (Å²) in [7, 11) is -4.36. The van der Waals surface area contributed by atoms with E-state index in [1.807, 2.05) is 0 Å². The van der Waals surface area contributed by atoms with Gasteiger partial charge < -0.3 is 4.90 Å². The molecule has 12 heteroatoms. The minimum atomic E-state index is -4.14. The molecule has 0 aromatic carbocycles. The van der Waals surface area contributed by atoms with Gasteiger partial charge in [-0.1, -0.05) is 0 Å². The van der Waals surface area contributed by atoms with Crippen molar-refractivity contribution in [1.82, 2.24) is 4.90 Å². The second-order valence-electron chi connectivity index (χ2n) is 3.04. The standard InChI is InChI=1S/C5H13NO6S4.Na.H/c1-6(2)5(3-13-15(7,8)9)4-14-16(10,11)12;;/h5H,3-4H2,1-2H3,(H,7,8,9)(H,10,11,12);;. The monoisotopic (exact) mass is 335 g/mol. The Balaban J connectivity index is 0. The molecule has 0 aromatic rings. The molecule has 0 rings (SSSR count). The quantitative estimate of drug-likeness (QED) is 0.356. The van der Waals surface area contributed by atoms with Crippen molar-refractivity contribution in [2.45, 2.75) is 6.04 Å². The van der Waals surface area contributed by atoms with Crippen molar-refractivity contribution in [2.24, 2.45) is 0 Å². The van der Waals surface area contributed by atoms with Crippen LogP contribution in [-0.2, 0) is 18.3 Å². The van der Waals surface area contributed by atoms with Gasteiger partial charge in [-0.15, -0.1) is 0 Å². The fraction of sp³-hybridized carbons (Fsp3) is 1.00. The molecule has 0 fully saturated rings. The number of hydrogen-bond donors (Lipinski definition) is 2. The Morgan fingerprint density at radius 2 is 1.29 bits per heavy atom. The third kappa shape index (κ3) is 13.7. The number of nitrogens with zero attached hydrogens (tertiary/aromatic N) is 1. The predicted octanol–water partition coefficient (Wildman–Crippen LogP) is -0.660. The number of rotatable bonds is 7. The zero-order chi connectivity index (χ0) is 13.0. The molecule has 0 saturated carbocycles. The Labute approximate surface area is 131 Å². The predicted molar refractivity (Wildman–Crippen MR) is 72.6 cm³/mol. The Bertz CT molecular complexity index is 370. The molecule has 0 aliphatic carbocycles. The van der Waals surface area contributed by atoms with Crippen molar-refractivity contribution in [1.29, 1.82) is 0 Å². The molecule has 17 heavy (non-hydrogen) atoms. The molecule has 7 nitrogen and oxygen atoms in total. The fourth-order valence-electron chi connectivity index (χ4n) is 0.675. The topological polar surface area (TPSA) is 112 Å². The van der Waals surface area contributed by atoms with E-state index >= 15 is 0 Å². The molecule has 0 aliphatic heterocycles. The molecule has 0 amide bonds. The van der Waals surface area contributed by atoms with E-state index in [2.05, 4.69) is 0 Å². The first-order valence-electron chi connectivity index (χ1n) is 3.91. The van der Waals surface area contributed by atoms with Crippen LogP contribution in [0, 0.1) is 0 Å². The summed E-state index contributed by atoms with van der Waals surface area (Å²) in [5, 5.41) is 0. The van der Waals surface area contributed by atoms with Gasteiger partial charge in [-0.25, -0.2) is 0 Å². The van der Waals surface area contributed by atoms with Crippen molar-refractivity contribution in [3.63, 3.8) is 0 Å². The van der Waals surface area contributed by atoms with Gasteiger partial charge in [0.1, 0.15) is 0 Å². The fourth-order valence-corrected chi connectivity index (χ4v) is 4.29. The molecule has 0 heterocycles. The van der Waals surface area contributed by atoms with E-state index < -0.39 is 24.3 Å². The van der Waals surface area contributed by atoms with Crippen LogP contribution < -0.4 is 0 Å². The van der Waals surface area contributed by atoms with Crippen LogP contribution in [-0.4, -0.2) is 92.0 Å². The third-order valence-corrected chi connectivity index (χ3v) is 5.79. The van der Waals surface area contributed by atoms with Crippen molar-refractivity contribution >= 4 is 69.4 Å². The Morgan fingerprint density at radius 3 is 1.47 bits per heavy atom. The van der Waals surface area contributed by atoms with E-state index in [1.165, 1.54) is 0 Å². The summed E-state index contributed by atoms with van der Waals surface area (Å²) in [5.74, 6) is 0.0166. The molecule has 0 aromatic heterocycles. The van der Waals surface area contributed by atoms with E-state index in [0.717, 1.165) is 0 Å². The first kappa shape index (κ1) is 20.8. The van der Waals surface area contributed by atoms with Crippen LogP contribution >= 0.6 is 21.6 Å². The maximum atomic E-state index is 10.5. The van der Waals surface area contributed by atoms with Gasteiger partial charge in [-0.3, -0.25) is 9.11 Å². The van der Waals surface area contributed by atoms with Gasteiger partial charge in [-0.05, 0) is 35.7 Å². The minimum absolute atomic E-state index is 0. The van der Waals surface area contributed by atoms with E-state index in [9.17, 15) is 16.8 Å². The summed E-state index contributed by atoms with van der Waals surface area (Å²) >= 11 is 0. The molecule has 0 unspecified atom stereocenters. The molecule has 0 bridgehead atoms. The summed E-state index contributed by atoms with van der Waals surface area (Å²) in [6.45, 7) is 0. The molecular weight excluding hydrogens is 321 g/mol. The van der Waals surface area contributed by atoms with E-state index in [4.69, 9.17) is 9.11 Å². The van der Waals surface area contributed by atoms with E-state index in [1.54, 1.807) is 19.0 Å². The summed E-state index contributed by atoms with van der Waals surface area (Å²) in [6.07, 6.45) is 0. The zero-order valence-electron chi connectivity index (χ0n) is 8.60. The molecule has 2 N–H and O–H groups in total. The second kappa shape index (κ2) is 8.61. The van der Waals surface area contributed by atoms with Crippen molar-refractivity contribution in [3.05, 3.63) is 0 Å². The first-order chi connectivity index (χ1) is 7.01. The molecular formula is C5H14NNaO6S4. The first-order valence-corrected chi connectivity index (χ1v) is 9.80. The Hall–Kier alpha value is 1.48. The van der Waals surface area contributed by atoms with Gasteiger partial charge in [0.25, 0.3) is 0 Å². The molecule has 0 spiro atoms. The second-order valence-corrected chi connectivity index (χ2v) is 9.83. The van der Waals surface area contributed by atoms with Gasteiger partial charge in [0, 0.05) is 17.5 Å². The normalized spacial score (nSPS) is 12.8. The molecule has 0 atom stereocenters. The molecule has 0 saturated heterocycles. The van der Waals surface area contributed by atoms with Crippen LogP contribution in [0.2, 0.25) is 0 Å². The van der Waals surface area contributed by atoms with Crippen molar-refractivity contribution < 1.29 is 25.9 Å². The zero-order valence-corrected chi connectivity index (χ0v) is 11.9. The summed E-state index contributed by atoms with van der Waals surface area (Å²) in [5.41, 5.74) is 0. The van der Waals surface area contributed by atoms with Crippen LogP contribution in [0.1, 0.15) is 0 Å². The van der Waals surface area contributed by atoms with Gasteiger partial charge in [0.15, 0.2) is 0 Å². The molecule has 100 valence electrons. The van der Waals surface area contributed by atoms with E-state index in [-0.39, 0.29) is 41.1 Å². The van der Waals surface area contributed by atoms with Crippen LogP contribution in [0.4, 0.5) is 0 Å². The van der Waals surface area contributed by atoms with Crippen molar-refractivity contribution in [3.8, 4) is 0 Å². The summed E-state index contributed by atoms with van der Waals surface area (Å²) in [4.78, 5) is 1.61. The molecule has 0 aliphatic rings. The number of hydrogen-bond acceptors (Lipinski definition) is 7. The summed E-state index contributed by atoms with van der Waals surface area (Å²) < 4.78 is 59.0. The maximum absolute atomic E-state index is 10.5. The average molecular weight is 335 g/mol. The Kier molecular flexibility index (Phi) is 10.5. The SMILES string of the molecule is CN(C)C(CSS(=O)(=O)O)CSS(=O)(=O)O.[NaH]. The van der Waals surface area contributed by atoms with Crippen LogP contribution in [0.5, 0.6) is 0 Å². The Morgan fingerprint density at radius 1 is 1.00 bits per heavy atom. The van der Waals surface area contributed by atoms with Crippen LogP contribution in [0.3, 0.4) is 0 Å². The van der Waals surface area contributed by atoms with E-state index in [0.29, 0.717) is 21.6 Å². The van der Waals surface area contributed by atoms with Crippen LogP contribution in [0.15, 0.2) is 0 Å². The van der Waals surface area contributed by atoms with Gasteiger partial charge in [0.2, 0.25) is 0 Å². The third-order valence-electron chi connectivity index (χ3n) is 1.55. The average Bonchev–Trinajstić information content (AvgIpc) is 1.98. The van der Waals surface area contributed by atoms with Gasteiger partial charge >= 0.3 is 47.9 Å². The van der Waals surface area contributed by atoms with Gasteiger partial charge in [0.05, 0.1) is 0 Å². The van der Waals surface area contributed by atoms with Crippen LogP contribution in [0.25, 0.3) is 0 Å². The summed E-state index contributed by atoms with van der Waals surface area (Å²) in [6, 6.07) is -0.404. The van der Waals surface area contributed by atoms with Gasteiger partial charge in [-0.2, -0.15) is 16.8 Å². The molecule has 0 radical (unpaired) electrons. The van der Waals surface area contributed by atoms with Crippen molar-refractivity contribution in [2.75, 3.05) is 25.6 Å².